The molecule has 16 heavy (non-hydrogen) atoms. The number of nitrogens with zero attached hydrogens (tertiary/aromatic N) is 1. The van der Waals surface area contributed by atoms with Gasteiger partial charge in [0.25, 0.3) is 0 Å². The Morgan fingerprint density at radius 1 is 1.06 bits per heavy atom. The zero-order chi connectivity index (χ0) is 11.5. The van der Waals surface area contributed by atoms with E-state index in [4.69, 9.17) is 0 Å². The van der Waals surface area contributed by atoms with Crippen LogP contribution in [0.1, 0.15) is 0 Å². The zero-order valence-electron chi connectivity index (χ0n) is 8.22. The number of hydrogen-bond acceptors (Lipinski definition) is 3. The molecule has 1 heterocycles. The molecule has 4 heteroatoms. The van der Waals surface area contributed by atoms with Crippen LogP contribution in [-0.4, -0.2) is 10.1 Å². The second-order valence-corrected chi connectivity index (χ2v) is 3.19. The molecule has 0 radical (unpaired) electrons. The maximum atomic E-state index is 12.9. The summed E-state index contributed by atoms with van der Waals surface area (Å²) in [6, 6.07) is 10.0. The minimum atomic E-state index is -0.657. The lowest BCUT2D eigenvalue weighted by Gasteiger charge is -1.99. The average Bonchev–Trinajstić information content (AvgIpc) is 2.42. The molecule has 0 aliphatic carbocycles. The van der Waals surface area contributed by atoms with E-state index in [1.54, 1.807) is 6.07 Å². The van der Waals surface area contributed by atoms with Crippen LogP contribution in [0.15, 0.2) is 47.3 Å². The highest BCUT2D eigenvalue weighted by atomic mass is 19.1. The minimum Gasteiger partial charge on any atom is -0.504 e. The van der Waals surface area contributed by atoms with Crippen LogP contribution in [0.3, 0.4) is 0 Å². The monoisotopic (exact) mass is 217 g/mol. The molecule has 1 N–H and O–H groups in total. The Labute approximate surface area is 90.8 Å². The van der Waals surface area contributed by atoms with Gasteiger partial charge in [0.15, 0.2) is 5.75 Å². The molecule has 0 saturated carbocycles. The Hall–Kier alpha value is -2.23. The summed E-state index contributed by atoms with van der Waals surface area (Å²) in [5, 5.41) is 9.63. The average molecular weight is 217 g/mol. The topological polar surface area (TPSA) is 50.2 Å². The van der Waals surface area contributed by atoms with Crippen LogP contribution < -0.4 is 5.43 Å². The van der Waals surface area contributed by atoms with Crippen molar-refractivity contribution in [2.75, 3.05) is 0 Å². The van der Waals surface area contributed by atoms with Crippen molar-refractivity contribution in [1.29, 1.82) is 0 Å². The molecule has 0 saturated heterocycles. The van der Waals surface area contributed by atoms with E-state index in [0.717, 1.165) is 0 Å². The maximum Gasteiger partial charge on any atom is 0.220 e. The lowest BCUT2D eigenvalue weighted by molar-refractivity contribution is 0.472. The van der Waals surface area contributed by atoms with Crippen molar-refractivity contribution in [3.63, 3.8) is 0 Å². The molecule has 0 bridgehead atoms. The van der Waals surface area contributed by atoms with Gasteiger partial charge in [-0.3, -0.25) is 4.79 Å². The fourth-order valence-electron chi connectivity index (χ4n) is 1.35. The van der Waals surface area contributed by atoms with Crippen LogP contribution in [0.5, 0.6) is 5.75 Å². The third kappa shape index (κ3) is 1.91. The molecule has 0 unspecified atom stereocenters. The van der Waals surface area contributed by atoms with E-state index in [-0.39, 0.29) is 11.3 Å². The molecular formula is C12H8FNO2. The van der Waals surface area contributed by atoms with Crippen molar-refractivity contribution < 1.29 is 9.50 Å². The first-order valence-corrected chi connectivity index (χ1v) is 4.64. The summed E-state index contributed by atoms with van der Waals surface area (Å²) in [6.07, 6.45) is 0. The predicted octanol–water partition coefficient (Wildman–Crippen LogP) is 1.95. The molecule has 1 aromatic carbocycles. The first kappa shape index (κ1) is 10.3. The van der Waals surface area contributed by atoms with Gasteiger partial charge in [-0.2, -0.15) is 4.39 Å². The lowest BCUT2D eigenvalue weighted by atomic mass is 10.1. The van der Waals surface area contributed by atoms with Gasteiger partial charge < -0.3 is 5.11 Å². The van der Waals surface area contributed by atoms with Gasteiger partial charge in [0.1, 0.15) is 0 Å². The quantitative estimate of drug-likeness (QED) is 0.743. The third-order valence-corrected chi connectivity index (χ3v) is 2.10. The van der Waals surface area contributed by atoms with Crippen molar-refractivity contribution in [2.45, 2.75) is 0 Å². The second-order valence-electron chi connectivity index (χ2n) is 3.19. The van der Waals surface area contributed by atoms with Gasteiger partial charge in [0.2, 0.25) is 11.4 Å². The highest BCUT2D eigenvalue weighted by Crippen LogP contribution is 2.22. The van der Waals surface area contributed by atoms with Crippen molar-refractivity contribution in [1.82, 2.24) is 4.98 Å². The van der Waals surface area contributed by atoms with Crippen LogP contribution in [0, 0.1) is 5.95 Å². The standard InChI is InChI=1S/C12H8FNO2/c13-11-7-3-5-9(14-11)8-4-1-2-6-10(15)12(8)16/h1-7H,(H,15,16). The van der Waals surface area contributed by atoms with Crippen molar-refractivity contribution >= 4 is 0 Å². The number of aromatic nitrogens is 1. The fourth-order valence-corrected chi connectivity index (χ4v) is 1.35. The third-order valence-electron chi connectivity index (χ3n) is 2.10. The number of halogens is 1. The normalized spacial score (nSPS) is 10.1. The Kier molecular flexibility index (Phi) is 2.64. The first-order chi connectivity index (χ1) is 7.68. The highest BCUT2D eigenvalue weighted by molar-refractivity contribution is 5.65. The van der Waals surface area contributed by atoms with Gasteiger partial charge >= 0.3 is 0 Å². The van der Waals surface area contributed by atoms with Crippen LogP contribution in [0.2, 0.25) is 0 Å². The number of aromatic hydroxyl groups is 1. The molecule has 80 valence electrons. The molecule has 0 atom stereocenters. The molecule has 0 spiro atoms. The van der Waals surface area contributed by atoms with Gasteiger partial charge in [0, 0.05) is 5.56 Å². The largest absolute Gasteiger partial charge is 0.504 e. The van der Waals surface area contributed by atoms with E-state index in [2.05, 4.69) is 4.98 Å². The lowest BCUT2D eigenvalue weighted by Crippen LogP contribution is -1.95. The van der Waals surface area contributed by atoms with Gasteiger partial charge in [-0.05, 0) is 24.3 Å². The molecule has 3 nitrogen and oxygen atoms in total. The van der Waals surface area contributed by atoms with Crippen LogP contribution in [0.4, 0.5) is 4.39 Å². The maximum absolute atomic E-state index is 12.9. The summed E-state index contributed by atoms with van der Waals surface area (Å²) in [6.45, 7) is 0. The Balaban J connectivity index is 2.71. The summed E-state index contributed by atoms with van der Waals surface area (Å²) in [5.74, 6) is -1.08. The van der Waals surface area contributed by atoms with Gasteiger partial charge in [0.05, 0.1) is 5.69 Å². The number of pyridine rings is 1. The first-order valence-electron chi connectivity index (χ1n) is 4.64. The van der Waals surface area contributed by atoms with E-state index in [1.807, 2.05) is 0 Å². The summed E-state index contributed by atoms with van der Waals surface area (Å²) >= 11 is 0. The molecule has 0 aliphatic heterocycles. The highest BCUT2D eigenvalue weighted by Gasteiger charge is 2.07. The van der Waals surface area contributed by atoms with E-state index in [9.17, 15) is 14.3 Å². The summed E-state index contributed by atoms with van der Waals surface area (Å²) in [4.78, 5) is 14.9. The van der Waals surface area contributed by atoms with E-state index in [1.165, 1.54) is 36.4 Å². The predicted molar refractivity (Wildman–Crippen MR) is 57.6 cm³/mol. The molecule has 1 aromatic heterocycles. The number of rotatable bonds is 1. The van der Waals surface area contributed by atoms with Gasteiger partial charge in [-0.1, -0.05) is 18.2 Å². The Morgan fingerprint density at radius 3 is 2.56 bits per heavy atom. The van der Waals surface area contributed by atoms with Crippen LogP contribution >= 0.6 is 0 Å². The zero-order valence-corrected chi connectivity index (χ0v) is 8.22. The van der Waals surface area contributed by atoms with Crippen LogP contribution in [0.25, 0.3) is 11.3 Å². The SMILES string of the molecule is O=c1ccccc(-c2cccc(F)n2)c1O. The van der Waals surface area contributed by atoms with Gasteiger partial charge in [-0.25, -0.2) is 4.98 Å². The summed E-state index contributed by atoms with van der Waals surface area (Å²) in [7, 11) is 0. The molecule has 2 aromatic rings. The van der Waals surface area contributed by atoms with E-state index >= 15 is 0 Å². The molecule has 0 fully saturated rings. The molecular weight excluding hydrogens is 209 g/mol. The fraction of sp³-hybridized carbons (Fsp3) is 0. The van der Waals surface area contributed by atoms with Crippen molar-refractivity contribution in [3.05, 3.63) is 58.6 Å². The van der Waals surface area contributed by atoms with E-state index < -0.39 is 17.1 Å². The molecule has 0 aliphatic rings. The summed E-state index contributed by atoms with van der Waals surface area (Å²) in [5.41, 5.74) is -0.0774. The molecule has 2 rings (SSSR count). The van der Waals surface area contributed by atoms with E-state index in [0.29, 0.717) is 0 Å². The van der Waals surface area contributed by atoms with Crippen LogP contribution in [-0.2, 0) is 0 Å². The molecule has 0 amide bonds. The van der Waals surface area contributed by atoms with Crippen molar-refractivity contribution in [3.8, 4) is 17.0 Å². The Bertz CT molecular complexity index is 584. The number of hydrogen-bond donors (Lipinski definition) is 1. The minimum absolute atomic E-state index is 0.217. The van der Waals surface area contributed by atoms with Gasteiger partial charge in [-0.15, -0.1) is 0 Å². The summed E-state index contributed by atoms with van der Waals surface area (Å²) < 4.78 is 12.9. The van der Waals surface area contributed by atoms with Crippen molar-refractivity contribution in [2.24, 2.45) is 0 Å². The Morgan fingerprint density at radius 2 is 1.81 bits per heavy atom. The smallest absolute Gasteiger partial charge is 0.220 e. The second kappa shape index (κ2) is 4.10.